The van der Waals surface area contributed by atoms with Crippen LogP contribution < -0.4 is 0 Å². The molecule has 0 N–H and O–H groups in total. The topological polar surface area (TPSA) is 252 Å². The zero-order valence-electron chi connectivity index (χ0n) is 66.7. The van der Waals surface area contributed by atoms with Crippen LogP contribution in [0, 0.1) is 6.57 Å². The van der Waals surface area contributed by atoms with Gasteiger partial charge in [0.2, 0.25) is 12.5 Å². The van der Waals surface area contributed by atoms with Crippen molar-refractivity contribution >= 4 is 73.4 Å². The SMILES string of the molecule is CCCC1(OC(=O)CCC(C)=O)CCN(C(=O)CCCCCN2C(=O)c3ccccc3C2=O)CC1.CCCC1(OC(=O)CCC(C)=O)CCN(CCCCCCN2C(=O)c3ccccc3C2=O)CC1.[C-]#[N+]CCOP(OC1(CCC)CCN(CCCCCCN2C(=O)c3ccccc3C2=O)CC1)N(C(C)C)C(C)C. The van der Waals surface area contributed by atoms with E-state index >= 15 is 0 Å². The molecule has 24 heteroatoms. The van der Waals surface area contributed by atoms with Crippen LogP contribution in [0.3, 0.4) is 0 Å². The van der Waals surface area contributed by atoms with Crippen molar-refractivity contribution in [3.05, 3.63) is 118 Å². The van der Waals surface area contributed by atoms with Gasteiger partial charge in [-0.15, -0.1) is 0 Å². The van der Waals surface area contributed by atoms with Crippen molar-refractivity contribution in [3.8, 4) is 0 Å². The summed E-state index contributed by atoms with van der Waals surface area (Å²) >= 11 is 0. The molecule has 0 spiro atoms. The largest absolute Gasteiger partial charge is 0.459 e. The molecule has 9 rings (SSSR count). The molecule has 23 nitrogen and oxygen atoms in total. The lowest BCUT2D eigenvalue weighted by molar-refractivity contribution is -0.168. The van der Waals surface area contributed by atoms with Crippen LogP contribution in [0.15, 0.2) is 72.8 Å². The average molecular weight is 1530 g/mol. The van der Waals surface area contributed by atoms with Crippen molar-refractivity contribution in [2.45, 2.75) is 271 Å². The normalized spacial score (nSPS) is 17.6. The zero-order valence-corrected chi connectivity index (χ0v) is 67.6. The third-order valence-corrected chi connectivity index (χ3v) is 24.0. The molecular formula is C85H123N8O15P. The van der Waals surface area contributed by atoms with Gasteiger partial charge in [-0.2, -0.15) is 0 Å². The Hall–Kier alpha value is -7.45. The predicted octanol–water partition coefficient (Wildman–Crippen LogP) is 15.1. The van der Waals surface area contributed by atoms with E-state index in [2.05, 4.69) is 60.9 Å². The molecule has 6 aliphatic rings. The molecule has 0 saturated carbocycles. The van der Waals surface area contributed by atoms with Gasteiger partial charge in [0.1, 0.15) is 29.4 Å². The van der Waals surface area contributed by atoms with Gasteiger partial charge >= 0.3 is 11.9 Å². The Morgan fingerprint density at radius 3 is 1.07 bits per heavy atom. The number of rotatable bonds is 42. The second-order valence-corrected chi connectivity index (χ2v) is 32.3. The summed E-state index contributed by atoms with van der Waals surface area (Å²) in [6.07, 6.45) is 21.7. The van der Waals surface area contributed by atoms with Gasteiger partial charge in [0.05, 0.1) is 51.8 Å². The first-order valence-corrected chi connectivity index (χ1v) is 41.7. The second-order valence-electron chi connectivity index (χ2n) is 30.9. The van der Waals surface area contributed by atoms with Crippen LogP contribution in [0.2, 0.25) is 0 Å². The van der Waals surface area contributed by atoms with Crippen molar-refractivity contribution in [2.24, 2.45) is 0 Å². The Labute approximate surface area is 649 Å². The van der Waals surface area contributed by atoms with E-state index in [-0.39, 0.29) is 102 Å². The highest BCUT2D eigenvalue weighted by Gasteiger charge is 2.44. The van der Waals surface area contributed by atoms with E-state index in [0.29, 0.717) is 123 Å². The minimum atomic E-state index is -1.24. The van der Waals surface area contributed by atoms with Crippen molar-refractivity contribution in [1.29, 1.82) is 0 Å². The van der Waals surface area contributed by atoms with Gasteiger partial charge in [0.15, 0.2) is 0 Å². The molecule has 3 saturated heterocycles. The molecule has 0 radical (unpaired) electrons. The molecule has 3 aromatic rings. The van der Waals surface area contributed by atoms with E-state index in [0.717, 1.165) is 161 Å². The number of fused-ring (bicyclic) bond motifs is 3. The Kier molecular flexibility index (Phi) is 36.3. The maximum absolute atomic E-state index is 12.7. The van der Waals surface area contributed by atoms with Crippen LogP contribution in [0.5, 0.6) is 0 Å². The average Bonchev–Trinajstić information content (AvgIpc) is 1.69. The molecule has 0 aromatic heterocycles. The number of piperidine rings is 3. The van der Waals surface area contributed by atoms with Crippen LogP contribution in [0.1, 0.15) is 304 Å². The number of amides is 7. The molecule has 3 aromatic carbocycles. The molecule has 7 amide bonds. The first kappa shape index (κ1) is 88.8. The summed E-state index contributed by atoms with van der Waals surface area (Å²) in [7, 11) is -1.24. The fraction of sp³-hybridized carbons (Fsp3) is 0.647. The molecule has 6 aliphatic heterocycles. The monoisotopic (exact) mass is 1530 g/mol. The summed E-state index contributed by atoms with van der Waals surface area (Å²) in [5.41, 5.74) is 1.90. The zero-order chi connectivity index (χ0) is 79.1. The van der Waals surface area contributed by atoms with Crippen LogP contribution in [0.4, 0.5) is 0 Å². The molecular weight excluding hydrogens is 1400 g/mol. The summed E-state index contributed by atoms with van der Waals surface area (Å²) in [5.74, 6) is -1.68. The number of unbranched alkanes of at least 4 members (excludes halogenated alkanes) is 8. The van der Waals surface area contributed by atoms with E-state index in [1.54, 1.807) is 60.7 Å². The highest BCUT2D eigenvalue weighted by atomic mass is 31.2. The number of benzene rings is 3. The van der Waals surface area contributed by atoms with Crippen molar-refractivity contribution in [1.82, 2.24) is 34.1 Å². The molecule has 0 aliphatic carbocycles. The fourth-order valence-corrected chi connectivity index (χ4v) is 17.7. The number of likely N-dealkylation sites (tertiary alicyclic amines) is 3. The maximum atomic E-state index is 12.7. The fourth-order valence-electron chi connectivity index (χ4n) is 15.8. The lowest BCUT2D eigenvalue weighted by Crippen LogP contribution is -2.48. The number of ketones is 2. The Bertz CT molecular complexity index is 3480. The van der Waals surface area contributed by atoms with Crippen LogP contribution >= 0.6 is 8.53 Å². The van der Waals surface area contributed by atoms with E-state index in [9.17, 15) is 52.7 Å². The van der Waals surface area contributed by atoms with Crippen LogP contribution in [-0.4, -0.2) is 213 Å². The molecule has 0 bridgehead atoms. The lowest BCUT2D eigenvalue weighted by atomic mass is 9.86. The van der Waals surface area contributed by atoms with Crippen molar-refractivity contribution < 1.29 is 71.3 Å². The molecule has 6 heterocycles. The van der Waals surface area contributed by atoms with Gasteiger partial charge < -0.3 is 47.7 Å². The lowest BCUT2D eigenvalue weighted by Gasteiger charge is -2.46. The van der Waals surface area contributed by atoms with Crippen LogP contribution in [-0.2, 0) is 42.5 Å². The Balaban J connectivity index is 0.000000228. The standard InChI is InChI=1S/C31H49N4O4P.C27H36N2O6.C27H38N2O5/c1-7-16-31(39-40(38-24-19-32-6)35(25(2)3)26(4)5)17-22-33(23-18-31)20-12-8-9-13-21-34-29(36)27-14-10-11-15-28(27)30(34)37;1-3-14-27(35-24(32)13-12-20(2)30)15-18-28(19-16-27)23(31)11-5-4-8-17-29-25(33)21-9-6-7-10-22(21)26(29)34;1-3-14-27(34-24(31)13-12-21(2)30)15-19-28(20-16-27)17-8-4-5-9-18-29-25(32)22-10-6-7-11-23(22)26(29)33/h10-11,14-15,25-26H,7-9,12-13,16-24H2,1-5H3;6-7,9-10H,3-5,8,11-19H2,1-2H3;6-7,10-11H,3-5,8-9,12-20H2,1-2H3. The summed E-state index contributed by atoms with van der Waals surface area (Å²) < 4.78 is 27.2. The minimum absolute atomic E-state index is 0.0139. The van der Waals surface area contributed by atoms with E-state index in [1.807, 2.05) is 24.0 Å². The van der Waals surface area contributed by atoms with Gasteiger partial charge in [0, 0.05) is 103 Å². The molecule has 1 unspecified atom stereocenters. The first-order valence-electron chi connectivity index (χ1n) is 40.6. The number of esters is 2. The highest BCUT2D eigenvalue weighted by molar-refractivity contribution is 7.44. The van der Waals surface area contributed by atoms with Crippen LogP contribution in [0.25, 0.3) is 4.85 Å². The molecule has 3 fully saturated rings. The van der Waals surface area contributed by atoms with Gasteiger partial charge in [-0.25, -0.2) is 11.2 Å². The molecule has 598 valence electrons. The summed E-state index contributed by atoms with van der Waals surface area (Å²) in [4.78, 5) is 149. The number of Topliss-reactive ketones (excluding diaryl/α,β-unsaturated/α-hetero) is 2. The minimum Gasteiger partial charge on any atom is -0.459 e. The third-order valence-electron chi connectivity index (χ3n) is 21.7. The summed E-state index contributed by atoms with van der Waals surface area (Å²) in [6, 6.07) is 21.6. The molecule has 109 heavy (non-hydrogen) atoms. The summed E-state index contributed by atoms with van der Waals surface area (Å²) in [5, 5.41) is 0. The third kappa shape index (κ3) is 26.1. The quantitative estimate of drug-likeness (QED) is 0.0168. The van der Waals surface area contributed by atoms with E-state index < -0.39 is 14.1 Å². The van der Waals surface area contributed by atoms with Crippen molar-refractivity contribution in [2.75, 3.05) is 85.1 Å². The Morgan fingerprint density at radius 1 is 0.440 bits per heavy atom. The smallest absolute Gasteiger partial charge is 0.306 e. The Morgan fingerprint density at radius 2 is 0.752 bits per heavy atom. The molecule has 1 atom stereocenters. The predicted molar refractivity (Wildman–Crippen MR) is 420 cm³/mol. The maximum Gasteiger partial charge on any atom is 0.306 e. The van der Waals surface area contributed by atoms with Gasteiger partial charge in [-0.3, -0.25) is 57.9 Å². The first-order chi connectivity index (χ1) is 52.3. The number of imide groups is 3. The number of ether oxygens (including phenoxy) is 2. The number of hydrogen-bond acceptors (Lipinski definition) is 18. The van der Waals surface area contributed by atoms with Gasteiger partial charge in [-0.05, 0) is 175 Å². The number of nitrogens with zero attached hydrogens (tertiary/aromatic N) is 8. The second kappa shape index (κ2) is 44.6. The summed E-state index contributed by atoms with van der Waals surface area (Å²) in [6.45, 7) is 34.4. The van der Waals surface area contributed by atoms with E-state index in [4.69, 9.17) is 25.1 Å². The highest BCUT2D eigenvalue weighted by Crippen LogP contribution is 2.52. The number of carbonyl (C=O) groups excluding carboxylic acids is 11. The van der Waals surface area contributed by atoms with Gasteiger partial charge in [-0.1, -0.05) is 109 Å². The van der Waals surface area contributed by atoms with E-state index in [1.165, 1.54) is 28.5 Å². The van der Waals surface area contributed by atoms with Gasteiger partial charge in [0.25, 0.3) is 44.0 Å². The number of carbonyl (C=O) groups is 11. The number of hydrogen-bond donors (Lipinski definition) is 0. The van der Waals surface area contributed by atoms with Crippen molar-refractivity contribution in [3.63, 3.8) is 0 Å².